The minimum absolute atomic E-state index is 0.548. The van der Waals surface area contributed by atoms with Gasteiger partial charge in [-0.1, -0.05) is 82.0 Å². The number of hydrogen-bond acceptors (Lipinski definition) is 0. The quantitative estimate of drug-likeness (QED) is 0.396. The van der Waals surface area contributed by atoms with Crippen molar-refractivity contribution >= 4 is 0 Å². The number of benzene rings is 1. The van der Waals surface area contributed by atoms with Crippen LogP contribution in [0.1, 0.15) is 63.9 Å². The van der Waals surface area contributed by atoms with E-state index in [0.717, 1.165) is 0 Å². The largest absolute Gasteiger partial charge is 0.0879 e. The van der Waals surface area contributed by atoms with Crippen molar-refractivity contribution in [1.29, 1.82) is 0 Å². The Morgan fingerprint density at radius 2 is 1.71 bits per heavy atom. The fourth-order valence-electron chi connectivity index (χ4n) is 2.03. The molecule has 0 saturated heterocycles. The molecule has 0 amide bonds. The number of unbranched alkanes of at least 4 members (excludes halogenated alkanes) is 5. The van der Waals surface area contributed by atoms with Crippen LogP contribution >= 0.6 is 0 Å². The second kappa shape index (κ2) is 9.04. The van der Waals surface area contributed by atoms with E-state index in [4.69, 9.17) is 0 Å². The van der Waals surface area contributed by atoms with E-state index in [1.54, 1.807) is 0 Å². The highest BCUT2D eigenvalue weighted by Crippen LogP contribution is 2.16. The van der Waals surface area contributed by atoms with Crippen molar-refractivity contribution in [2.45, 2.75) is 58.3 Å². The van der Waals surface area contributed by atoms with E-state index in [2.05, 4.69) is 56.3 Å². The zero-order valence-corrected chi connectivity index (χ0v) is 11.4. The lowest BCUT2D eigenvalue weighted by atomic mass is 10.0. The maximum absolute atomic E-state index is 2.35. The lowest BCUT2D eigenvalue weighted by Crippen LogP contribution is -1.87. The molecule has 0 radical (unpaired) electrons. The van der Waals surface area contributed by atoms with Gasteiger partial charge in [0.15, 0.2) is 0 Å². The molecule has 0 heterocycles. The van der Waals surface area contributed by atoms with Crippen molar-refractivity contribution in [2.24, 2.45) is 0 Å². The Labute approximate surface area is 107 Å². The van der Waals surface area contributed by atoms with Crippen molar-refractivity contribution in [1.82, 2.24) is 0 Å². The summed E-state index contributed by atoms with van der Waals surface area (Å²) in [6.07, 6.45) is 12.8. The van der Waals surface area contributed by atoms with Crippen LogP contribution in [0.15, 0.2) is 42.5 Å². The van der Waals surface area contributed by atoms with Gasteiger partial charge in [0.1, 0.15) is 0 Å². The van der Waals surface area contributed by atoms with Crippen LogP contribution in [0.4, 0.5) is 0 Å². The van der Waals surface area contributed by atoms with Gasteiger partial charge in [-0.2, -0.15) is 0 Å². The van der Waals surface area contributed by atoms with Gasteiger partial charge >= 0.3 is 0 Å². The molecule has 1 unspecified atom stereocenters. The van der Waals surface area contributed by atoms with Gasteiger partial charge in [-0.15, -0.1) is 0 Å². The minimum atomic E-state index is 0.548. The van der Waals surface area contributed by atoms with Crippen LogP contribution in [-0.4, -0.2) is 0 Å². The van der Waals surface area contributed by atoms with Crippen molar-refractivity contribution in [3.63, 3.8) is 0 Å². The first-order valence-electron chi connectivity index (χ1n) is 7.06. The summed E-state index contributed by atoms with van der Waals surface area (Å²) >= 11 is 0. The van der Waals surface area contributed by atoms with E-state index < -0.39 is 0 Å². The molecule has 0 aromatic heterocycles. The standard InChI is InChI=1S/C17H26/c1-3-4-5-6-7-8-10-13-16(2)17-14-11-9-12-15-17/h9-16H,3-8H2,1-2H3/b13-10-. The predicted molar refractivity (Wildman–Crippen MR) is 77.4 cm³/mol. The maximum atomic E-state index is 2.35. The number of hydrogen-bond donors (Lipinski definition) is 0. The maximum Gasteiger partial charge on any atom is -0.00104 e. The van der Waals surface area contributed by atoms with Gasteiger partial charge in [-0.25, -0.2) is 0 Å². The molecule has 0 aliphatic carbocycles. The van der Waals surface area contributed by atoms with Gasteiger partial charge in [0.05, 0.1) is 0 Å². The molecule has 0 saturated carbocycles. The topological polar surface area (TPSA) is 0 Å². The molecule has 0 aliphatic rings. The molecule has 0 bridgehead atoms. The first kappa shape index (κ1) is 14.0. The average Bonchev–Trinajstić information content (AvgIpc) is 2.38. The van der Waals surface area contributed by atoms with E-state index in [1.807, 2.05) is 0 Å². The Kier molecular flexibility index (Phi) is 7.46. The Morgan fingerprint density at radius 3 is 2.41 bits per heavy atom. The normalized spacial score (nSPS) is 13.1. The summed E-state index contributed by atoms with van der Waals surface area (Å²) in [6, 6.07) is 10.7. The first-order valence-corrected chi connectivity index (χ1v) is 7.06. The molecule has 94 valence electrons. The highest BCUT2D eigenvalue weighted by molar-refractivity contribution is 5.22. The molecule has 1 rings (SSSR count). The van der Waals surface area contributed by atoms with Crippen molar-refractivity contribution in [2.75, 3.05) is 0 Å². The lowest BCUT2D eigenvalue weighted by molar-refractivity contribution is 0.637. The highest BCUT2D eigenvalue weighted by Gasteiger charge is 1.98. The third-order valence-electron chi connectivity index (χ3n) is 3.22. The van der Waals surface area contributed by atoms with Crippen molar-refractivity contribution in [3.8, 4) is 0 Å². The van der Waals surface area contributed by atoms with E-state index >= 15 is 0 Å². The minimum Gasteiger partial charge on any atom is -0.0879 e. The lowest BCUT2D eigenvalue weighted by Gasteiger charge is -2.05. The summed E-state index contributed by atoms with van der Waals surface area (Å²) in [7, 11) is 0. The van der Waals surface area contributed by atoms with Gasteiger partial charge in [-0.3, -0.25) is 0 Å². The van der Waals surface area contributed by atoms with Crippen LogP contribution in [0.25, 0.3) is 0 Å². The van der Waals surface area contributed by atoms with E-state index in [1.165, 1.54) is 44.1 Å². The van der Waals surface area contributed by atoms with Gasteiger partial charge in [0.2, 0.25) is 0 Å². The van der Waals surface area contributed by atoms with Gasteiger partial charge in [0.25, 0.3) is 0 Å². The van der Waals surface area contributed by atoms with E-state index in [-0.39, 0.29) is 0 Å². The molecule has 0 heteroatoms. The SMILES string of the molecule is CCCCCCC/C=C\C(C)c1ccccc1. The van der Waals surface area contributed by atoms with Gasteiger partial charge < -0.3 is 0 Å². The average molecular weight is 230 g/mol. The van der Waals surface area contributed by atoms with Crippen LogP contribution in [0.3, 0.4) is 0 Å². The monoisotopic (exact) mass is 230 g/mol. The van der Waals surface area contributed by atoms with E-state index in [0.29, 0.717) is 5.92 Å². The molecule has 1 atom stereocenters. The Balaban J connectivity index is 2.16. The molecular formula is C17H26. The van der Waals surface area contributed by atoms with Gasteiger partial charge in [0, 0.05) is 0 Å². The molecule has 0 spiro atoms. The fraction of sp³-hybridized carbons (Fsp3) is 0.529. The van der Waals surface area contributed by atoms with Crippen LogP contribution < -0.4 is 0 Å². The summed E-state index contributed by atoms with van der Waals surface area (Å²) in [5.41, 5.74) is 1.41. The molecule has 1 aromatic rings. The molecular weight excluding hydrogens is 204 g/mol. The molecule has 0 aliphatic heterocycles. The molecule has 0 fully saturated rings. The molecule has 0 N–H and O–H groups in total. The van der Waals surface area contributed by atoms with Crippen LogP contribution in [0, 0.1) is 0 Å². The van der Waals surface area contributed by atoms with Gasteiger partial charge in [-0.05, 0) is 24.3 Å². The summed E-state index contributed by atoms with van der Waals surface area (Å²) < 4.78 is 0. The number of rotatable bonds is 8. The Bertz CT molecular complexity index is 297. The van der Waals surface area contributed by atoms with Crippen molar-refractivity contribution < 1.29 is 0 Å². The second-order valence-electron chi connectivity index (χ2n) is 4.83. The Morgan fingerprint density at radius 1 is 1.00 bits per heavy atom. The van der Waals surface area contributed by atoms with Crippen LogP contribution in [0.5, 0.6) is 0 Å². The summed E-state index contributed by atoms with van der Waals surface area (Å²) in [4.78, 5) is 0. The Hall–Kier alpha value is -1.04. The first-order chi connectivity index (χ1) is 8.34. The number of allylic oxidation sites excluding steroid dienone is 2. The van der Waals surface area contributed by atoms with E-state index in [9.17, 15) is 0 Å². The predicted octanol–water partition coefficient (Wildman–Crippen LogP) is 5.71. The summed E-state index contributed by atoms with van der Waals surface area (Å²) in [6.45, 7) is 4.53. The molecule has 1 aromatic carbocycles. The molecule has 17 heavy (non-hydrogen) atoms. The zero-order valence-electron chi connectivity index (χ0n) is 11.4. The zero-order chi connectivity index (χ0) is 12.3. The third kappa shape index (κ3) is 6.31. The fourth-order valence-corrected chi connectivity index (χ4v) is 2.03. The van der Waals surface area contributed by atoms with Crippen LogP contribution in [0.2, 0.25) is 0 Å². The smallest absolute Gasteiger partial charge is 0.00104 e. The summed E-state index contributed by atoms with van der Waals surface area (Å²) in [5, 5.41) is 0. The second-order valence-corrected chi connectivity index (χ2v) is 4.83. The van der Waals surface area contributed by atoms with Crippen molar-refractivity contribution in [3.05, 3.63) is 48.0 Å². The molecule has 0 nitrogen and oxygen atoms in total. The van der Waals surface area contributed by atoms with Crippen LogP contribution in [-0.2, 0) is 0 Å². The third-order valence-corrected chi connectivity index (χ3v) is 3.22. The summed E-state index contributed by atoms with van der Waals surface area (Å²) in [5.74, 6) is 0.548. The highest BCUT2D eigenvalue weighted by atomic mass is 14.0.